The van der Waals surface area contributed by atoms with Gasteiger partial charge in [0.2, 0.25) is 0 Å². The van der Waals surface area contributed by atoms with Crippen molar-refractivity contribution in [3.63, 3.8) is 0 Å². The molecule has 1 N–H and O–H groups in total. The molecule has 2 aromatic rings. The lowest BCUT2D eigenvalue weighted by molar-refractivity contribution is -0.157. The van der Waals surface area contributed by atoms with E-state index in [1.54, 1.807) is 29.5 Å². The van der Waals surface area contributed by atoms with E-state index < -0.39 is 12.2 Å². The first-order valence-corrected chi connectivity index (χ1v) is 6.88. The van der Waals surface area contributed by atoms with Crippen LogP contribution in [0.25, 0.3) is 0 Å². The average molecular weight is 285 g/mol. The molecule has 1 nitrogen and oxygen atoms in total. The largest absolute Gasteiger partial charge is 0.407 e. The molecule has 0 fully saturated rings. The topological polar surface area (TPSA) is 12.0 Å². The molecule has 1 aromatic carbocycles. The van der Waals surface area contributed by atoms with Crippen molar-refractivity contribution >= 4 is 11.3 Å². The van der Waals surface area contributed by atoms with Crippen molar-refractivity contribution in [2.75, 3.05) is 6.54 Å². The third-order valence-electron chi connectivity index (χ3n) is 2.80. The Kier molecular flexibility index (Phi) is 4.61. The van der Waals surface area contributed by atoms with E-state index in [1.165, 1.54) is 12.1 Å². The van der Waals surface area contributed by atoms with Crippen LogP contribution in [-0.2, 0) is 6.42 Å². The highest BCUT2D eigenvalue weighted by Crippen LogP contribution is 2.32. The molecule has 1 aromatic heterocycles. The maximum absolute atomic E-state index is 13.0. The summed E-state index contributed by atoms with van der Waals surface area (Å²) in [5.74, 6) is 0. The maximum Gasteiger partial charge on any atom is 0.407 e. The van der Waals surface area contributed by atoms with Crippen molar-refractivity contribution in [3.05, 3.63) is 58.3 Å². The fourth-order valence-corrected chi connectivity index (χ4v) is 2.57. The van der Waals surface area contributed by atoms with Crippen LogP contribution in [-0.4, -0.2) is 12.7 Å². The van der Waals surface area contributed by atoms with Gasteiger partial charge in [0.25, 0.3) is 0 Å². The molecule has 19 heavy (non-hydrogen) atoms. The van der Waals surface area contributed by atoms with Crippen LogP contribution in [0.1, 0.15) is 17.2 Å². The van der Waals surface area contributed by atoms with Gasteiger partial charge in [0.15, 0.2) is 0 Å². The Hall–Kier alpha value is -1.33. The smallest absolute Gasteiger partial charge is 0.302 e. The minimum atomic E-state index is -4.28. The second-order valence-corrected chi connectivity index (χ2v) is 5.00. The Morgan fingerprint density at radius 1 is 1.11 bits per heavy atom. The Morgan fingerprint density at radius 2 is 1.84 bits per heavy atom. The Balaban J connectivity index is 1.99. The van der Waals surface area contributed by atoms with Gasteiger partial charge < -0.3 is 5.32 Å². The third kappa shape index (κ3) is 4.08. The number of halogens is 3. The van der Waals surface area contributed by atoms with Gasteiger partial charge in [-0.25, -0.2) is 0 Å². The highest BCUT2D eigenvalue weighted by atomic mass is 32.1. The summed E-state index contributed by atoms with van der Waals surface area (Å²) in [5.41, 5.74) is 1.31. The van der Waals surface area contributed by atoms with Crippen LogP contribution in [0, 0.1) is 0 Å². The fraction of sp³-hybridized carbons (Fsp3) is 0.286. The van der Waals surface area contributed by atoms with Crippen LogP contribution in [0.5, 0.6) is 0 Å². The van der Waals surface area contributed by atoms with Crippen molar-refractivity contribution < 1.29 is 13.2 Å². The van der Waals surface area contributed by atoms with Gasteiger partial charge in [-0.2, -0.15) is 24.5 Å². The molecule has 1 unspecified atom stereocenters. The number of nitrogens with one attached hydrogen (secondary N) is 1. The molecule has 0 saturated carbocycles. The number of rotatable bonds is 5. The number of benzene rings is 1. The van der Waals surface area contributed by atoms with Crippen molar-refractivity contribution in [1.29, 1.82) is 0 Å². The van der Waals surface area contributed by atoms with Crippen LogP contribution in [0.15, 0.2) is 47.2 Å². The lowest BCUT2D eigenvalue weighted by atomic mass is 10.1. The zero-order valence-electron chi connectivity index (χ0n) is 10.2. The summed E-state index contributed by atoms with van der Waals surface area (Å²) in [5, 5.41) is 6.47. The van der Waals surface area contributed by atoms with Crippen LogP contribution in [0.3, 0.4) is 0 Å². The average Bonchev–Trinajstić information content (AvgIpc) is 2.87. The maximum atomic E-state index is 13.0. The van der Waals surface area contributed by atoms with Gasteiger partial charge >= 0.3 is 6.18 Å². The standard InChI is InChI=1S/C14H14F3NS/c15-14(16,17)13(12-4-2-1-3-5-12)18-8-6-11-7-9-19-10-11/h1-5,7,9-10,13,18H,6,8H2. The summed E-state index contributed by atoms with van der Waals surface area (Å²) < 4.78 is 39.0. The number of thiophene rings is 1. The van der Waals surface area contributed by atoms with Gasteiger partial charge in [-0.3, -0.25) is 0 Å². The van der Waals surface area contributed by atoms with Gasteiger partial charge in [0.05, 0.1) is 0 Å². The summed E-state index contributed by atoms with van der Waals surface area (Å²) in [4.78, 5) is 0. The van der Waals surface area contributed by atoms with Crippen molar-refractivity contribution in [3.8, 4) is 0 Å². The third-order valence-corrected chi connectivity index (χ3v) is 3.53. The molecule has 0 amide bonds. The van der Waals surface area contributed by atoms with Gasteiger partial charge in [-0.1, -0.05) is 30.3 Å². The molecule has 1 atom stereocenters. The van der Waals surface area contributed by atoms with Gasteiger partial charge in [-0.05, 0) is 34.4 Å². The monoisotopic (exact) mass is 285 g/mol. The highest BCUT2D eigenvalue weighted by Gasteiger charge is 2.40. The Bertz CT molecular complexity index is 479. The van der Waals surface area contributed by atoms with Gasteiger partial charge in [0.1, 0.15) is 6.04 Å². The zero-order chi connectivity index (χ0) is 13.7. The SMILES string of the molecule is FC(F)(F)C(NCCc1ccsc1)c1ccccc1. The predicted molar refractivity (Wildman–Crippen MR) is 71.3 cm³/mol. The first-order chi connectivity index (χ1) is 9.07. The Labute approximate surface area is 114 Å². The summed E-state index contributed by atoms with van der Waals surface area (Å²) in [6.07, 6.45) is -3.68. The van der Waals surface area contributed by atoms with E-state index in [0.717, 1.165) is 5.56 Å². The molecule has 0 radical (unpaired) electrons. The molecule has 5 heteroatoms. The molecule has 0 aliphatic carbocycles. The van der Waals surface area contributed by atoms with Gasteiger partial charge in [0, 0.05) is 6.54 Å². The lowest BCUT2D eigenvalue weighted by Gasteiger charge is -2.22. The van der Waals surface area contributed by atoms with E-state index in [0.29, 0.717) is 13.0 Å². The van der Waals surface area contributed by atoms with Crippen LogP contribution in [0.2, 0.25) is 0 Å². The second-order valence-electron chi connectivity index (χ2n) is 4.22. The molecule has 2 rings (SSSR count). The van der Waals surface area contributed by atoms with Crippen molar-refractivity contribution in [2.45, 2.75) is 18.6 Å². The highest BCUT2D eigenvalue weighted by molar-refractivity contribution is 7.07. The van der Waals surface area contributed by atoms with Crippen LogP contribution < -0.4 is 5.32 Å². The normalized spacial score (nSPS) is 13.4. The molecular weight excluding hydrogens is 271 g/mol. The second kappa shape index (κ2) is 6.21. The number of hydrogen-bond acceptors (Lipinski definition) is 2. The summed E-state index contributed by atoms with van der Waals surface area (Å²) in [6.45, 7) is 0.301. The van der Waals surface area contributed by atoms with Crippen molar-refractivity contribution in [1.82, 2.24) is 5.32 Å². The zero-order valence-corrected chi connectivity index (χ0v) is 11.0. The van der Waals surface area contributed by atoms with E-state index in [2.05, 4.69) is 5.32 Å². The molecule has 0 saturated heterocycles. The molecule has 0 aliphatic rings. The first-order valence-electron chi connectivity index (χ1n) is 5.93. The van der Waals surface area contributed by atoms with E-state index in [4.69, 9.17) is 0 Å². The minimum absolute atomic E-state index is 0.250. The van der Waals surface area contributed by atoms with E-state index >= 15 is 0 Å². The molecule has 102 valence electrons. The molecule has 0 aliphatic heterocycles. The predicted octanol–water partition coefficient (Wildman–Crippen LogP) is 4.18. The van der Waals surface area contributed by atoms with Crippen LogP contribution in [0.4, 0.5) is 13.2 Å². The molecule has 0 bridgehead atoms. The van der Waals surface area contributed by atoms with E-state index in [9.17, 15) is 13.2 Å². The Morgan fingerprint density at radius 3 is 2.42 bits per heavy atom. The minimum Gasteiger partial charge on any atom is -0.302 e. The molecule has 0 spiro atoms. The summed E-state index contributed by atoms with van der Waals surface area (Å²) in [6, 6.07) is 8.27. The van der Waals surface area contributed by atoms with Crippen molar-refractivity contribution in [2.24, 2.45) is 0 Å². The fourth-order valence-electron chi connectivity index (χ4n) is 1.86. The summed E-state index contributed by atoms with van der Waals surface area (Å²) >= 11 is 1.55. The lowest BCUT2D eigenvalue weighted by Crippen LogP contribution is -2.35. The quantitative estimate of drug-likeness (QED) is 0.869. The number of hydrogen-bond donors (Lipinski definition) is 1. The van der Waals surface area contributed by atoms with Crippen LogP contribution >= 0.6 is 11.3 Å². The van der Waals surface area contributed by atoms with E-state index in [-0.39, 0.29) is 5.56 Å². The molecular formula is C14H14F3NS. The van der Waals surface area contributed by atoms with Gasteiger partial charge in [-0.15, -0.1) is 0 Å². The number of alkyl halides is 3. The van der Waals surface area contributed by atoms with E-state index in [1.807, 2.05) is 16.8 Å². The molecule has 1 heterocycles. The summed E-state index contributed by atoms with van der Waals surface area (Å²) in [7, 11) is 0. The first kappa shape index (κ1) is 14.1.